The molecule has 4 heteroatoms. The summed E-state index contributed by atoms with van der Waals surface area (Å²) in [5, 5.41) is 2.96. The van der Waals surface area contributed by atoms with E-state index in [1.54, 1.807) is 4.90 Å². The van der Waals surface area contributed by atoms with Gasteiger partial charge in [0.15, 0.2) is 0 Å². The van der Waals surface area contributed by atoms with Crippen molar-refractivity contribution in [1.29, 1.82) is 0 Å². The molecule has 0 unspecified atom stereocenters. The Labute approximate surface area is 136 Å². The number of nitrogens with one attached hydrogen (secondary N) is 1. The number of benzene rings is 2. The average Bonchev–Trinajstić information content (AvgIpc) is 2.84. The lowest BCUT2D eigenvalue weighted by atomic mass is 10.1. The van der Waals surface area contributed by atoms with Crippen LogP contribution >= 0.6 is 0 Å². The first-order chi connectivity index (χ1) is 11.0. The van der Waals surface area contributed by atoms with Crippen LogP contribution in [0.5, 0.6) is 0 Å². The summed E-state index contributed by atoms with van der Waals surface area (Å²) < 4.78 is 0. The lowest BCUT2D eigenvalue weighted by molar-refractivity contribution is -0.122. The maximum absolute atomic E-state index is 12.3. The molecule has 0 bridgehead atoms. The van der Waals surface area contributed by atoms with Crippen molar-refractivity contribution in [2.45, 2.75) is 26.4 Å². The normalized spacial score (nSPS) is 14.5. The summed E-state index contributed by atoms with van der Waals surface area (Å²) in [6.07, 6.45) is 0. The summed E-state index contributed by atoms with van der Waals surface area (Å²) in [6.45, 7) is 4.57. The van der Waals surface area contributed by atoms with Crippen LogP contribution in [0, 0.1) is 6.92 Å². The molecule has 1 aliphatic rings. The van der Waals surface area contributed by atoms with E-state index in [0.717, 1.165) is 11.1 Å². The Balaban J connectivity index is 1.60. The third-order valence-corrected chi connectivity index (χ3v) is 4.19. The van der Waals surface area contributed by atoms with Crippen LogP contribution in [-0.4, -0.2) is 23.3 Å². The van der Waals surface area contributed by atoms with Crippen LogP contribution in [0.4, 0.5) is 0 Å². The Bertz CT molecular complexity index is 737. The van der Waals surface area contributed by atoms with Gasteiger partial charge >= 0.3 is 0 Å². The predicted octanol–water partition coefficient (Wildman–Crippen LogP) is 2.83. The first-order valence-corrected chi connectivity index (χ1v) is 7.77. The molecule has 0 spiro atoms. The van der Waals surface area contributed by atoms with Crippen LogP contribution in [0.1, 0.15) is 40.0 Å². The van der Waals surface area contributed by atoms with Crippen molar-refractivity contribution in [1.82, 2.24) is 10.2 Å². The maximum atomic E-state index is 12.3. The van der Waals surface area contributed by atoms with Crippen molar-refractivity contribution in [3.63, 3.8) is 0 Å². The molecule has 2 amide bonds. The van der Waals surface area contributed by atoms with Crippen molar-refractivity contribution >= 4 is 11.8 Å². The lowest BCUT2D eigenvalue weighted by Gasteiger charge is -2.19. The lowest BCUT2D eigenvalue weighted by Crippen LogP contribution is -2.38. The van der Waals surface area contributed by atoms with E-state index in [0.29, 0.717) is 12.1 Å². The monoisotopic (exact) mass is 308 g/mol. The summed E-state index contributed by atoms with van der Waals surface area (Å²) in [5.41, 5.74) is 3.93. The SMILES string of the molecule is Cc1ccc([C@@H](C)NC(=O)CN2Cc3ccccc3C2=O)cc1. The molecule has 4 nitrogen and oxygen atoms in total. The highest BCUT2D eigenvalue weighted by molar-refractivity contribution is 6.00. The Morgan fingerprint density at radius 3 is 2.57 bits per heavy atom. The zero-order chi connectivity index (χ0) is 16.4. The number of carbonyl (C=O) groups excluding carboxylic acids is 2. The second-order valence-electron chi connectivity index (χ2n) is 6.02. The number of hydrogen-bond donors (Lipinski definition) is 1. The molecule has 3 rings (SSSR count). The van der Waals surface area contributed by atoms with Crippen LogP contribution in [0.15, 0.2) is 48.5 Å². The zero-order valence-corrected chi connectivity index (χ0v) is 13.4. The molecule has 1 aliphatic heterocycles. The summed E-state index contributed by atoms with van der Waals surface area (Å²) in [7, 11) is 0. The van der Waals surface area contributed by atoms with Gasteiger partial charge in [-0.15, -0.1) is 0 Å². The van der Waals surface area contributed by atoms with Gasteiger partial charge in [0.1, 0.15) is 6.54 Å². The third-order valence-electron chi connectivity index (χ3n) is 4.19. The zero-order valence-electron chi connectivity index (χ0n) is 13.4. The number of aryl methyl sites for hydroxylation is 1. The largest absolute Gasteiger partial charge is 0.348 e. The van der Waals surface area contributed by atoms with Crippen molar-refractivity contribution in [2.24, 2.45) is 0 Å². The highest BCUT2D eigenvalue weighted by Crippen LogP contribution is 2.22. The van der Waals surface area contributed by atoms with Gasteiger partial charge in [0.05, 0.1) is 6.04 Å². The predicted molar refractivity (Wildman–Crippen MR) is 88.9 cm³/mol. The molecule has 2 aromatic carbocycles. The van der Waals surface area contributed by atoms with Gasteiger partial charge in [0.25, 0.3) is 5.91 Å². The van der Waals surface area contributed by atoms with Crippen LogP contribution in [0.25, 0.3) is 0 Å². The summed E-state index contributed by atoms with van der Waals surface area (Å²) in [4.78, 5) is 26.1. The molecule has 0 aromatic heterocycles. The third kappa shape index (κ3) is 3.26. The fraction of sp³-hybridized carbons (Fsp3) is 0.263. The highest BCUT2D eigenvalue weighted by atomic mass is 16.2. The molecule has 0 saturated carbocycles. The van der Waals surface area contributed by atoms with Gasteiger partial charge in [-0.2, -0.15) is 0 Å². The van der Waals surface area contributed by atoms with Crippen molar-refractivity contribution < 1.29 is 9.59 Å². The molecule has 1 N–H and O–H groups in total. The van der Waals surface area contributed by atoms with Crippen LogP contribution in [0.2, 0.25) is 0 Å². The fourth-order valence-corrected chi connectivity index (χ4v) is 2.84. The number of fused-ring (bicyclic) bond motifs is 1. The standard InChI is InChI=1S/C19H20N2O2/c1-13-7-9-15(10-8-13)14(2)20-18(22)12-21-11-16-5-3-4-6-17(16)19(21)23/h3-10,14H,11-12H2,1-2H3,(H,20,22)/t14-/m1/s1. The van der Waals surface area contributed by atoms with E-state index < -0.39 is 0 Å². The number of rotatable bonds is 4. The van der Waals surface area contributed by atoms with E-state index in [4.69, 9.17) is 0 Å². The summed E-state index contributed by atoms with van der Waals surface area (Å²) in [6, 6.07) is 15.5. The van der Waals surface area contributed by atoms with E-state index in [9.17, 15) is 9.59 Å². The number of nitrogens with zero attached hydrogens (tertiary/aromatic N) is 1. The van der Waals surface area contributed by atoms with E-state index in [1.165, 1.54) is 5.56 Å². The molecule has 1 atom stereocenters. The van der Waals surface area contributed by atoms with Gasteiger partial charge in [0.2, 0.25) is 5.91 Å². The van der Waals surface area contributed by atoms with Gasteiger partial charge in [-0.3, -0.25) is 9.59 Å². The van der Waals surface area contributed by atoms with Crippen molar-refractivity contribution in [3.8, 4) is 0 Å². The molecule has 0 radical (unpaired) electrons. The van der Waals surface area contributed by atoms with E-state index >= 15 is 0 Å². The molecular weight excluding hydrogens is 288 g/mol. The molecule has 118 valence electrons. The topological polar surface area (TPSA) is 49.4 Å². The highest BCUT2D eigenvalue weighted by Gasteiger charge is 2.28. The minimum Gasteiger partial charge on any atom is -0.348 e. The first-order valence-electron chi connectivity index (χ1n) is 7.77. The smallest absolute Gasteiger partial charge is 0.254 e. The Kier molecular flexibility index (Phi) is 4.15. The first kappa shape index (κ1) is 15.3. The molecule has 23 heavy (non-hydrogen) atoms. The van der Waals surface area contributed by atoms with E-state index in [2.05, 4.69) is 5.32 Å². The maximum Gasteiger partial charge on any atom is 0.254 e. The van der Waals surface area contributed by atoms with Gasteiger partial charge in [-0.05, 0) is 31.0 Å². The summed E-state index contributed by atoms with van der Waals surface area (Å²) >= 11 is 0. The Hall–Kier alpha value is -2.62. The van der Waals surface area contributed by atoms with Crippen LogP contribution < -0.4 is 5.32 Å². The van der Waals surface area contributed by atoms with Gasteiger partial charge in [-0.25, -0.2) is 0 Å². The van der Waals surface area contributed by atoms with E-state index in [1.807, 2.05) is 62.4 Å². The van der Waals surface area contributed by atoms with Gasteiger partial charge in [0, 0.05) is 12.1 Å². The molecular formula is C19H20N2O2. The summed E-state index contributed by atoms with van der Waals surface area (Å²) in [5.74, 6) is -0.210. The van der Waals surface area contributed by atoms with Crippen LogP contribution in [0.3, 0.4) is 0 Å². The van der Waals surface area contributed by atoms with Crippen molar-refractivity contribution in [3.05, 3.63) is 70.8 Å². The second kappa shape index (κ2) is 6.24. The fourth-order valence-electron chi connectivity index (χ4n) is 2.84. The number of amides is 2. The molecule has 0 fully saturated rings. The Morgan fingerprint density at radius 2 is 1.87 bits per heavy atom. The molecule has 0 saturated heterocycles. The minimum atomic E-state index is -0.140. The van der Waals surface area contributed by atoms with Gasteiger partial charge in [-0.1, -0.05) is 48.0 Å². The van der Waals surface area contributed by atoms with Gasteiger partial charge < -0.3 is 10.2 Å². The van der Waals surface area contributed by atoms with Crippen LogP contribution in [-0.2, 0) is 11.3 Å². The molecule has 2 aromatic rings. The Morgan fingerprint density at radius 1 is 1.17 bits per heavy atom. The quantitative estimate of drug-likeness (QED) is 0.944. The number of carbonyl (C=O) groups is 2. The molecule has 1 heterocycles. The van der Waals surface area contributed by atoms with E-state index in [-0.39, 0.29) is 24.4 Å². The number of hydrogen-bond acceptors (Lipinski definition) is 2. The average molecular weight is 308 g/mol. The minimum absolute atomic E-state index is 0.0706. The van der Waals surface area contributed by atoms with Crippen molar-refractivity contribution in [2.75, 3.05) is 6.54 Å². The second-order valence-corrected chi connectivity index (χ2v) is 6.02. The molecule has 0 aliphatic carbocycles.